The van der Waals surface area contributed by atoms with E-state index in [9.17, 15) is 9.59 Å². The molecule has 0 bridgehead atoms. The third-order valence-electron chi connectivity index (χ3n) is 4.55. The molecule has 0 aliphatic heterocycles. The van der Waals surface area contributed by atoms with E-state index in [0.717, 1.165) is 6.42 Å². The number of carbonyl (C=O) groups is 2. The zero-order valence-corrected chi connectivity index (χ0v) is 14.5. The van der Waals surface area contributed by atoms with Crippen LogP contribution in [-0.2, 0) is 9.53 Å². The van der Waals surface area contributed by atoms with Crippen molar-refractivity contribution in [3.8, 4) is 11.1 Å². The first-order chi connectivity index (χ1) is 12.2. The molecular weight excluding hydrogens is 314 g/mol. The molecule has 130 valence electrons. The molecular formula is C21H23NO3. The molecule has 25 heavy (non-hydrogen) atoms. The quantitative estimate of drug-likeness (QED) is 0.820. The van der Waals surface area contributed by atoms with Crippen LogP contribution in [0.15, 0.2) is 48.5 Å². The molecule has 3 rings (SSSR count). The maximum atomic E-state index is 11.9. The molecule has 0 unspecified atom stereocenters. The summed E-state index contributed by atoms with van der Waals surface area (Å²) >= 11 is 0. The summed E-state index contributed by atoms with van der Waals surface area (Å²) in [5.41, 5.74) is 4.79. The van der Waals surface area contributed by atoms with Gasteiger partial charge in [0.15, 0.2) is 0 Å². The van der Waals surface area contributed by atoms with Gasteiger partial charge in [-0.05, 0) is 28.7 Å². The highest BCUT2D eigenvalue weighted by Gasteiger charge is 2.28. The van der Waals surface area contributed by atoms with Gasteiger partial charge in [0.1, 0.15) is 12.4 Å². The maximum absolute atomic E-state index is 11.9. The van der Waals surface area contributed by atoms with E-state index in [1.807, 2.05) is 31.2 Å². The lowest BCUT2D eigenvalue weighted by Crippen LogP contribution is -2.28. The average molecular weight is 337 g/mol. The van der Waals surface area contributed by atoms with E-state index in [2.05, 4.69) is 29.6 Å². The number of ketones is 1. The number of hydrogen-bond donors (Lipinski definition) is 1. The van der Waals surface area contributed by atoms with Crippen molar-refractivity contribution < 1.29 is 14.3 Å². The largest absolute Gasteiger partial charge is 0.449 e. The summed E-state index contributed by atoms with van der Waals surface area (Å²) in [5, 5.41) is 2.66. The summed E-state index contributed by atoms with van der Waals surface area (Å²) in [5.74, 6) is 0.223. The van der Waals surface area contributed by atoms with Crippen molar-refractivity contribution in [2.75, 3.05) is 13.2 Å². The van der Waals surface area contributed by atoms with E-state index < -0.39 is 6.09 Å². The molecule has 0 atom stereocenters. The predicted octanol–water partition coefficient (Wildman–Crippen LogP) is 4.28. The van der Waals surface area contributed by atoms with Gasteiger partial charge in [-0.15, -0.1) is 0 Å². The molecule has 0 fully saturated rings. The molecule has 1 amide bonds. The van der Waals surface area contributed by atoms with Gasteiger partial charge in [0.05, 0.1) is 0 Å². The highest BCUT2D eigenvalue weighted by Crippen LogP contribution is 2.44. The van der Waals surface area contributed by atoms with Gasteiger partial charge < -0.3 is 10.1 Å². The SMILES string of the molecule is CCCC(=O)CCNC(=O)OCC1c2ccccc2-c2ccccc21. The Morgan fingerprint density at radius 3 is 2.16 bits per heavy atom. The third kappa shape index (κ3) is 3.90. The topological polar surface area (TPSA) is 55.4 Å². The Labute approximate surface area is 148 Å². The van der Waals surface area contributed by atoms with Crippen molar-refractivity contribution in [1.82, 2.24) is 5.32 Å². The summed E-state index contributed by atoms with van der Waals surface area (Å²) < 4.78 is 5.42. The number of ether oxygens (including phenoxy) is 1. The van der Waals surface area contributed by atoms with Gasteiger partial charge in [0.25, 0.3) is 0 Å². The summed E-state index contributed by atoms with van der Waals surface area (Å²) in [6.45, 7) is 2.59. The van der Waals surface area contributed by atoms with Crippen LogP contribution < -0.4 is 5.32 Å². The first-order valence-electron chi connectivity index (χ1n) is 8.81. The second-order valence-electron chi connectivity index (χ2n) is 6.29. The van der Waals surface area contributed by atoms with Crippen molar-refractivity contribution in [1.29, 1.82) is 0 Å². The number of carbonyl (C=O) groups excluding carboxylic acids is 2. The molecule has 0 spiro atoms. The van der Waals surface area contributed by atoms with Crippen LogP contribution in [0.1, 0.15) is 43.2 Å². The Hall–Kier alpha value is -2.62. The normalized spacial score (nSPS) is 12.4. The number of nitrogens with one attached hydrogen (secondary N) is 1. The fraction of sp³-hybridized carbons (Fsp3) is 0.333. The maximum Gasteiger partial charge on any atom is 0.407 e. The molecule has 0 aromatic heterocycles. The minimum Gasteiger partial charge on any atom is -0.449 e. The minimum absolute atomic E-state index is 0.0554. The van der Waals surface area contributed by atoms with Gasteiger partial charge >= 0.3 is 6.09 Å². The van der Waals surface area contributed by atoms with Crippen LogP contribution in [0.3, 0.4) is 0 Å². The van der Waals surface area contributed by atoms with Crippen molar-refractivity contribution in [3.05, 3.63) is 59.7 Å². The Balaban J connectivity index is 1.58. The summed E-state index contributed by atoms with van der Waals surface area (Å²) in [4.78, 5) is 23.4. The molecule has 0 saturated carbocycles. The van der Waals surface area contributed by atoms with Gasteiger partial charge in [-0.1, -0.05) is 55.5 Å². The van der Waals surface area contributed by atoms with Gasteiger partial charge in [-0.25, -0.2) is 4.79 Å². The molecule has 0 heterocycles. The standard InChI is InChI=1S/C21H23NO3/c1-2-7-15(23)12-13-22-21(24)25-14-20-18-10-5-3-8-16(18)17-9-4-6-11-19(17)20/h3-6,8-11,20H,2,7,12-14H2,1H3,(H,22,24). The number of alkyl carbamates (subject to hydrolysis) is 1. The van der Waals surface area contributed by atoms with Gasteiger partial charge in [-0.2, -0.15) is 0 Å². The van der Waals surface area contributed by atoms with Crippen LogP contribution in [0.5, 0.6) is 0 Å². The van der Waals surface area contributed by atoms with Crippen molar-refractivity contribution in [2.45, 2.75) is 32.1 Å². The number of fused-ring (bicyclic) bond motifs is 3. The first-order valence-corrected chi connectivity index (χ1v) is 8.81. The summed E-state index contributed by atoms with van der Waals surface area (Å²) in [6.07, 6.45) is 1.29. The predicted molar refractivity (Wildman–Crippen MR) is 97.6 cm³/mol. The Morgan fingerprint density at radius 1 is 0.960 bits per heavy atom. The highest BCUT2D eigenvalue weighted by atomic mass is 16.5. The lowest BCUT2D eigenvalue weighted by molar-refractivity contribution is -0.118. The van der Waals surface area contributed by atoms with Crippen molar-refractivity contribution in [3.63, 3.8) is 0 Å². The molecule has 1 aliphatic carbocycles. The number of hydrogen-bond acceptors (Lipinski definition) is 3. The van der Waals surface area contributed by atoms with E-state index >= 15 is 0 Å². The molecule has 2 aromatic carbocycles. The number of amides is 1. The lowest BCUT2D eigenvalue weighted by Gasteiger charge is -2.14. The number of benzene rings is 2. The molecule has 1 aliphatic rings. The van der Waals surface area contributed by atoms with Gasteiger partial charge in [0.2, 0.25) is 0 Å². The smallest absolute Gasteiger partial charge is 0.407 e. The zero-order valence-electron chi connectivity index (χ0n) is 14.5. The van der Waals surface area contributed by atoms with Crippen LogP contribution in [0.2, 0.25) is 0 Å². The average Bonchev–Trinajstić information content (AvgIpc) is 2.94. The Kier molecular flexibility index (Phi) is 5.49. The zero-order chi connectivity index (χ0) is 17.6. The summed E-state index contributed by atoms with van der Waals surface area (Å²) in [7, 11) is 0. The molecule has 2 aromatic rings. The van der Waals surface area contributed by atoms with Crippen molar-refractivity contribution in [2.24, 2.45) is 0 Å². The van der Waals surface area contributed by atoms with Crippen LogP contribution in [0.25, 0.3) is 11.1 Å². The monoisotopic (exact) mass is 337 g/mol. The van der Waals surface area contributed by atoms with Gasteiger partial charge in [0, 0.05) is 25.3 Å². The van der Waals surface area contributed by atoms with E-state index in [4.69, 9.17) is 4.74 Å². The Morgan fingerprint density at radius 2 is 1.56 bits per heavy atom. The second kappa shape index (κ2) is 7.97. The third-order valence-corrected chi connectivity index (χ3v) is 4.55. The van der Waals surface area contributed by atoms with E-state index in [-0.39, 0.29) is 11.7 Å². The van der Waals surface area contributed by atoms with Crippen LogP contribution in [-0.4, -0.2) is 25.0 Å². The summed E-state index contributed by atoms with van der Waals surface area (Å²) in [6, 6.07) is 16.5. The second-order valence-corrected chi connectivity index (χ2v) is 6.29. The molecule has 1 N–H and O–H groups in total. The van der Waals surface area contributed by atoms with Crippen LogP contribution in [0.4, 0.5) is 4.79 Å². The molecule has 0 radical (unpaired) electrons. The highest BCUT2D eigenvalue weighted by molar-refractivity contribution is 5.80. The van der Waals surface area contributed by atoms with E-state index in [1.165, 1.54) is 22.3 Å². The van der Waals surface area contributed by atoms with E-state index in [1.54, 1.807) is 0 Å². The van der Waals surface area contributed by atoms with Crippen LogP contribution >= 0.6 is 0 Å². The number of rotatable bonds is 7. The fourth-order valence-corrected chi connectivity index (χ4v) is 3.36. The lowest BCUT2D eigenvalue weighted by atomic mass is 9.98. The molecule has 4 heteroatoms. The number of Topliss-reactive ketones (excluding diaryl/α,β-unsaturated/α-hetero) is 1. The Bertz CT molecular complexity index is 724. The first kappa shape index (κ1) is 17.2. The van der Waals surface area contributed by atoms with Gasteiger partial charge in [-0.3, -0.25) is 4.79 Å². The van der Waals surface area contributed by atoms with E-state index in [0.29, 0.717) is 26.0 Å². The molecule has 4 nitrogen and oxygen atoms in total. The van der Waals surface area contributed by atoms with Crippen LogP contribution in [0, 0.1) is 0 Å². The van der Waals surface area contributed by atoms with Crippen molar-refractivity contribution >= 4 is 11.9 Å². The fourth-order valence-electron chi connectivity index (χ4n) is 3.36. The minimum atomic E-state index is -0.467. The molecule has 0 saturated heterocycles.